The van der Waals surface area contributed by atoms with Crippen LogP contribution in [0.1, 0.15) is 22.2 Å². The van der Waals surface area contributed by atoms with Crippen LogP contribution in [0.4, 0.5) is 0 Å². The van der Waals surface area contributed by atoms with E-state index in [0.717, 1.165) is 30.1 Å². The maximum Gasteiger partial charge on any atom is 0.0634 e. The zero-order valence-corrected chi connectivity index (χ0v) is 11.3. The van der Waals surface area contributed by atoms with Crippen LogP contribution in [0.25, 0.3) is 0 Å². The summed E-state index contributed by atoms with van der Waals surface area (Å²) in [7, 11) is 0. The fourth-order valence-corrected chi connectivity index (χ4v) is 2.69. The predicted molar refractivity (Wildman–Crippen MR) is 73.5 cm³/mol. The van der Waals surface area contributed by atoms with E-state index in [0.29, 0.717) is 0 Å². The second-order valence-electron chi connectivity index (χ2n) is 3.79. The van der Waals surface area contributed by atoms with Crippen LogP contribution in [-0.4, -0.2) is 4.98 Å². The minimum Gasteiger partial charge on any atom is -0.308 e. The van der Waals surface area contributed by atoms with Crippen molar-refractivity contribution >= 4 is 22.9 Å². The average Bonchev–Trinajstić information content (AvgIpc) is 2.80. The molecule has 0 bridgehead atoms. The van der Waals surface area contributed by atoms with E-state index in [1.54, 1.807) is 12.4 Å². The molecule has 0 aromatic carbocycles. The Kier molecular flexibility index (Phi) is 4.54. The molecule has 0 aliphatic carbocycles. The fraction of sp³-hybridized carbons (Fsp3) is 0.308. The first-order valence-electron chi connectivity index (χ1n) is 5.66. The van der Waals surface area contributed by atoms with Crippen molar-refractivity contribution in [1.82, 2.24) is 10.3 Å². The Morgan fingerprint density at radius 3 is 2.76 bits per heavy atom. The molecule has 90 valence electrons. The lowest BCUT2D eigenvalue weighted by atomic mass is 10.2. The Morgan fingerprint density at radius 2 is 2.06 bits per heavy atom. The molecule has 2 aromatic heterocycles. The van der Waals surface area contributed by atoms with Crippen LogP contribution < -0.4 is 5.32 Å². The molecule has 0 radical (unpaired) electrons. The van der Waals surface area contributed by atoms with Gasteiger partial charge in [0, 0.05) is 35.2 Å². The molecule has 0 unspecified atom stereocenters. The zero-order valence-electron chi connectivity index (χ0n) is 9.74. The largest absolute Gasteiger partial charge is 0.308 e. The van der Waals surface area contributed by atoms with Gasteiger partial charge >= 0.3 is 0 Å². The highest BCUT2D eigenvalue weighted by molar-refractivity contribution is 7.11. The number of pyridine rings is 1. The van der Waals surface area contributed by atoms with E-state index in [-0.39, 0.29) is 0 Å². The summed E-state index contributed by atoms with van der Waals surface area (Å²) < 4.78 is 0. The smallest absolute Gasteiger partial charge is 0.0634 e. The quantitative estimate of drug-likeness (QED) is 0.894. The fourth-order valence-electron chi connectivity index (χ4n) is 1.58. The van der Waals surface area contributed by atoms with Gasteiger partial charge in [0.25, 0.3) is 0 Å². The topological polar surface area (TPSA) is 24.9 Å². The van der Waals surface area contributed by atoms with Crippen LogP contribution >= 0.6 is 22.9 Å². The van der Waals surface area contributed by atoms with Gasteiger partial charge in [-0.3, -0.25) is 4.98 Å². The Morgan fingerprint density at radius 1 is 1.24 bits per heavy atom. The molecule has 0 aliphatic rings. The number of rotatable bonds is 5. The number of aryl methyl sites for hydroxylation is 1. The summed E-state index contributed by atoms with van der Waals surface area (Å²) in [4.78, 5) is 6.77. The molecule has 1 N–H and O–H groups in total. The van der Waals surface area contributed by atoms with Crippen molar-refractivity contribution in [2.24, 2.45) is 0 Å². The summed E-state index contributed by atoms with van der Waals surface area (Å²) in [5.41, 5.74) is 1.09. The highest BCUT2D eigenvalue weighted by atomic mass is 35.5. The van der Waals surface area contributed by atoms with E-state index in [1.165, 1.54) is 9.75 Å². The van der Waals surface area contributed by atoms with Gasteiger partial charge in [0.2, 0.25) is 0 Å². The van der Waals surface area contributed by atoms with Gasteiger partial charge in [-0.1, -0.05) is 18.5 Å². The Balaban J connectivity index is 1.85. The van der Waals surface area contributed by atoms with Crippen molar-refractivity contribution in [1.29, 1.82) is 0 Å². The van der Waals surface area contributed by atoms with Crippen LogP contribution in [0, 0.1) is 0 Å². The van der Waals surface area contributed by atoms with Crippen LogP contribution in [0.5, 0.6) is 0 Å². The first kappa shape index (κ1) is 12.6. The highest BCUT2D eigenvalue weighted by Gasteiger charge is 2.01. The lowest BCUT2D eigenvalue weighted by molar-refractivity contribution is 0.700. The first-order valence-corrected chi connectivity index (χ1v) is 6.85. The van der Waals surface area contributed by atoms with E-state index in [4.69, 9.17) is 11.6 Å². The number of hydrogen-bond acceptors (Lipinski definition) is 3. The number of halogens is 1. The third kappa shape index (κ3) is 3.53. The highest BCUT2D eigenvalue weighted by Crippen LogP contribution is 2.17. The van der Waals surface area contributed by atoms with Gasteiger partial charge < -0.3 is 5.32 Å². The number of hydrogen-bond donors (Lipinski definition) is 1. The third-order valence-electron chi connectivity index (χ3n) is 2.54. The van der Waals surface area contributed by atoms with E-state index >= 15 is 0 Å². The molecule has 17 heavy (non-hydrogen) atoms. The van der Waals surface area contributed by atoms with E-state index in [1.807, 2.05) is 17.4 Å². The molecule has 0 aliphatic heterocycles. The van der Waals surface area contributed by atoms with Crippen molar-refractivity contribution in [3.05, 3.63) is 50.9 Å². The summed E-state index contributed by atoms with van der Waals surface area (Å²) in [6, 6.07) is 6.33. The SMILES string of the molecule is CCc1ccc(CNCc2ccncc2Cl)s1. The molecule has 2 rings (SSSR count). The van der Waals surface area contributed by atoms with Gasteiger partial charge in [-0.05, 0) is 30.2 Å². The molecule has 4 heteroatoms. The van der Waals surface area contributed by atoms with Crippen molar-refractivity contribution in [3.63, 3.8) is 0 Å². The van der Waals surface area contributed by atoms with E-state index < -0.39 is 0 Å². The summed E-state index contributed by atoms with van der Waals surface area (Å²) in [5, 5.41) is 4.12. The Labute approximate surface area is 111 Å². The summed E-state index contributed by atoms with van der Waals surface area (Å²) in [5.74, 6) is 0. The normalized spacial score (nSPS) is 10.7. The van der Waals surface area contributed by atoms with Crippen LogP contribution in [0.3, 0.4) is 0 Å². The van der Waals surface area contributed by atoms with Gasteiger partial charge in [-0.25, -0.2) is 0 Å². The minimum atomic E-state index is 0.723. The van der Waals surface area contributed by atoms with Crippen molar-refractivity contribution in [2.45, 2.75) is 26.4 Å². The summed E-state index contributed by atoms with van der Waals surface area (Å²) in [6.45, 7) is 3.85. The number of nitrogens with zero attached hydrogens (tertiary/aromatic N) is 1. The van der Waals surface area contributed by atoms with Crippen LogP contribution in [-0.2, 0) is 19.5 Å². The Hall–Kier alpha value is -0.900. The molecular weight excluding hydrogens is 252 g/mol. The lowest BCUT2D eigenvalue weighted by Gasteiger charge is -2.04. The van der Waals surface area contributed by atoms with Gasteiger partial charge in [0.1, 0.15) is 0 Å². The van der Waals surface area contributed by atoms with Crippen molar-refractivity contribution in [2.75, 3.05) is 0 Å². The van der Waals surface area contributed by atoms with Crippen molar-refractivity contribution in [3.8, 4) is 0 Å². The monoisotopic (exact) mass is 266 g/mol. The maximum atomic E-state index is 6.03. The van der Waals surface area contributed by atoms with Gasteiger partial charge in [-0.15, -0.1) is 11.3 Å². The van der Waals surface area contributed by atoms with Gasteiger partial charge in [0.15, 0.2) is 0 Å². The molecule has 2 nitrogen and oxygen atoms in total. The molecule has 0 amide bonds. The number of aromatic nitrogens is 1. The lowest BCUT2D eigenvalue weighted by Crippen LogP contribution is -2.12. The van der Waals surface area contributed by atoms with Crippen molar-refractivity contribution < 1.29 is 0 Å². The molecule has 0 atom stereocenters. The summed E-state index contributed by atoms with van der Waals surface area (Å²) in [6.07, 6.45) is 4.56. The van der Waals surface area contributed by atoms with E-state index in [2.05, 4.69) is 29.4 Å². The van der Waals surface area contributed by atoms with Crippen LogP contribution in [0.15, 0.2) is 30.6 Å². The predicted octanol–water partition coefficient (Wildman–Crippen LogP) is 3.65. The molecule has 0 fully saturated rings. The molecule has 0 saturated heterocycles. The molecular formula is C13H15ClN2S. The molecule has 2 aromatic rings. The molecule has 0 spiro atoms. The summed E-state index contributed by atoms with van der Waals surface area (Å²) >= 11 is 7.90. The maximum absolute atomic E-state index is 6.03. The van der Waals surface area contributed by atoms with E-state index in [9.17, 15) is 0 Å². The molecule has 0 saturated carbocycles. The van der Waals surface area contributed by atoms with Crippen LogP contribution in [0.2, 0.25) is 5.02 Å². The number of nitrogens with one attached hydrogen (secondary N) is 1. The zero-order chi connectivity index (χ0) is 12.1. The minimum absolute atomic E-state index is 0.723. The van der Waals surface area contributed by atoms with Gasteiger partial charge in [0.05, 0.1) is 5.02 Å². The first-order chi connectivity index (χ1) is 8.29. The standard InChI is InChI=1S/C13H15ClN2S/c1-2-11-3-4-12(17-11)8-16-7-10-5-6-15-9-13(10)14/h3-6,9,16H,2,7-8H2,1H3. The third-order valence-corrected chi connectivity index (χ3v) is 4.11. The second-order valence-corrected chi connectivity index (χ2v) is 5.45. The van der Waals surface area contributed by atoms with Gasteiger partial charge in [-0.2, -0.15) is 0 Å². The average molecular weight is 267 g/mol. The number of thiophene rings is 1. The second kappa shape index (κ2) is 6.15. The molecule has 2 heterocycles. The Bertz CT molecular complexity index is 482.